The summed E-state index contributed by atoms with van der Waals surface area (Å²) < 4.78 is 0. The van der Waals surface area contributed by atoms with Gasteiger partial charge in [0.1, 0.15) is 6.04 Å². The van der Waals surface area contributed by atoms with Crippen LogP contribution < -0.4 is 15.5 Å². The minimum absolute atomic E-state index is 0.110. The van der Waals surface area contributed by atoms with E-state index in [1.54, 1.807) is 7.05 Å². The Balaban J connectivity index is 1.87. The van der Waals surface area contributed by atoms with E-state index in [2.05, 4.69) is 16.7 Å². The van der Waals surface area contributed by atoms with E-state index in [1.807, 2.05) is 83.8 Å². The van der Waals surface area contributed by atoms with Gasteiger partial charge in [0.25, 0.3) is 0 Å². The Labute approximate surface area is 176 Å². The monoisotopic (exact) mass is 399 g/mol. The number of carbonyl (C=O) groups is 2. The number of nitrogens with zero attached hydrogens (tertiary/aromatic N) is 1. The fourth-order valence-corrected chi connectivity index (χ4v) is 4.06. The molecule has 4 rings (SSSR count). The van der Waals surface area contributed by atoms with Crippen molar-refractivity contribution in [3.05, 3.63) is 102 Å². The van der Waals surface area contributed by atoms with Crippen LogP contribution in [-0.4, -0.2) is 25.0 Å². The van der Waals surface area contributed by atoms with Crippen LogP contribution in [0.5, 0.6) is 0 Å². The maximum absolute atomic E-state index is 13.8. The van der Waals surface area contributed by atoms with E-state index in [-0.39, 0.29) is 18.0 Å². The minimum atomic E-state index is -0.604. The first-order valence-corrected chi connectivity index (χ1v) is 10.2. The molecule has 3 aromatic rings. The summed E-state index contributed by atoms with van der Waals surface area (Å²) in [6.07, 6.45) is 1.26. The molecule has 30 heavy (non-hydrogen) atoms. The van der Waals surface area contributed by atoms with Crippen LogP contribution in [0.2, 0.25) is 0 Å². The highest BCUT2D eigenvalue weighted by molar-refractivity contribution is 6.01. The fraction of sp³-hybridized carbons (Fsp3) is 0.200. The number of nitrogens with one attached hydrogen (secondary N) is 2. The average molecular weight is 399 g/mol. The molecule has 0 radical (unpaired) electrons. The van der Waals surface area contributed by atoms with Crippen LogP contribution in [0, 0.1) is 0 Å². The normalized spacial score (nSPS) is 16.0. The first-order valence-electron chi connectivity index (χ1n) is 10.2. The first kappa shape index (κ1) is 19.7. The van der Waals surface area contributed by atoms with E-state index in [0.29, 0.717) is 12.8 Å². The van der Waals surface area contributed by atoms with Gasteiger partial charge in [-0.1, -0.05) is 78.9 Å². The van der Waals surface area contributed by atoms with E-state index in [1.165, 1.54) is 0 Å². The summed E-state index contributed by atoms with van der Waals surface area (Å²) in [5.74, 6) is -0.110. The Morgan fingerprint density at radius 3 is 2.07 bits per heavy atom. The third kappa shape index (κ3) is 3.92. The smallest absolute Gasteiger partial charge is 0.315 e. The molecule has 1 aliphatic rings. The van der Waals surface area contributed by atoms with Gasteiger partial charge in [-0.25, -0.2) is 4.79 Å². The van der Waals surface area contributed by atoms with Crippen LogP contribution in [0.3, 0.4) is 0 Å². The number of amides is 3. The molecule has 1 unspecified atom stereocenters. The lowest BCUT2D eigenvalue weighted by molar-refractivity contribution is -0.120. The number of anilines is 1. The summed E-state index contributed by atoms with van der Waals surface area (Å²) >= 11 is 0. The highest BCUT2D eigenvalue weighted by Crippen LogP contribution is 2.37. The van der Waals surface area contributed by atoms with Crippen LogP contribution in [0.1, 0.15) is 29.2 Å². The second-order valence-corrected chi connectivity index (χ2v) is 7.38. The molecule has 2 N–H and O–H groups in total. The molecule has 5 heteroatoms. The second kappa shape index (κ2) is 8.82. The number of hydrogen-bond acceptors (Lipinski definition) is 2. The number of benzene rings is 3. The van der Waals surface area contributed by atoms with Crippen molar-refractivity contribution in [2.45, 2.75) is 24.9 Å². The quantitative estimate of drug-likeness (QED) is 0.695. The van der Waals surface area contributed by atoms with Crippen molar-refractivity contribution in [3.63, 3.8) is 0 Å². The van der Waals surface area contributed by atoms with Gasteiger partial charge in [0.15, 0.2) is 0 Å². The van der Waals surface area contributed by atoms with Crippen molar-refractivity contribution in [2.24, 2.45) is 0 Å². The number of carbonyl (C=O) groups excluding carboxylic acids is 2. The highest BCUT2D eigenvalue weighted by Gasteiger charge is 2.36. The molecule has 0 saturated heterocycles. The van der Waals surface area contributed by atoms with E-state index < -0.39 is 6.04 Å². The van der Waals surface area contributed by atoms with Crippen molar-refractivity contribution < 1.29 is 9.59 Å². The highest BCUT2D eigenvalue weighted by atomic mass is 16.2. The fourth-order valence-electron chi connectivity index (χ4n) is 4.06. The SMILES string of the molecule is CNC(=O)NC1CCc2ccccc2N(C(c2ccccc2)c2ccccc2)C1=O. The van der Waals surface area contributed by atoms with Gasteiger partial charge >= 0.3 is 6.03 Å². The largest absolute Gasteiger partial charge is 0.341 e. The summed E-state index contributed by atoms with van der Waals surface area (Å²) in [5.41, 5.74) is 4.03. The number of fused-ring (bicyclic) bond motifs is 1. The summed E-state index contributed by atoms with van der Waals surface area (Å²) in [6.45, 7) is 0. The van der Waals surface area contributed by atoms with Crippen molar-refractivity contribution in [2.75, 3.05) is 11.9 Å². The maximum atomic E-state index is 13.8. The average Bonchev–Trinajstić information content (AvgIpc) is 2.93. The predicted octanol–water partition coefficient (Wildman–Crippen LogP) is 4.05. The number of para-hydroxylation sites is 1. The Morgan fingerprint density at radius 1 is 0.900 bits per heavy atom. The van der Waals surface area contributed by atoms with E-state index in [9.17, 15) is 9.59 Å². The molecule has 5 nitrogen and oxygen atoms in total. The molecule has 1 atom stereocenters. The molecule has 0 saturated carbocycles. The predicted molar refractivity (Wildman–Crippen MR) is 118 cm³/mol. The molecule has 0 spiro atoms. The molecular formula is C25H25N3O2. The van der Waals surface area contributed by atoms with Crippen LogP contribution in [0.15, 0.2) is 84.9 Å². The van der Waals surface area contributed by atoms with E-state index >= 15 is 0 Å². The Kier molecular flexibility index (Phi) is 5.80. The molecule has 152 valence electrons. The van der Waals surface area contributed by atoms with Gasteiger partial charge in [-0.3, -0.25) is 9.69 Å². The van der Waals surface area contributed by atoms with Crippen LogP contribution in [0.25, 0.3) is 0 Å². The standard InChI is InChI=1S/C25H25N3O2/c1-26-25(30)27-21-17-16-18-10-8-9-15-22(18)28(24(21)29)23(19-11-4-2-5-12-19)20-13-6-3-7-14-20/h2-15,21,23H,16-17H2,1H3,(H2,26,27,30). The molecule has 0 bridgehead atoms. The molecule has 1 aliphatic heterocycles. The van der Waals surface area contributed by atoms with Gasteiger partial charge in [-0.15, -0.1) is 0 Å². The molecule has 0 aromatic heterocycles. The van der Waals surface area contributed by atoms with Gasteiger partial charge in [-0.05, 0) is 35.6 Å². The molecule has 3 aromatic carbocycles. The van der Waals surface area contributed by atoms with Crippen molar-refractivity contribution >= 4 is 17.6 Å². The number of hydrogen-bond donors (Lipinski definition) is 2. The van der Waals surface area contributed by atoms with Crippen LogP contribution >= 0.6 is 0 Å². The Hall–Kier alpha value is -3.60. The van der Waals surface area contributed by atoms with Crippen LogP contribution in [0.4, 0.5) is 10.5 Å². The molecule has 1 heterocycles. The molecule has 0 fully saturated rings. The topological polar surface area (TPSA) is 61.4 Å². The summed E-state index contributed by atoms with van der Waals surface area (Å²) in [6, 6.07) is 26.8. The lowest BCUT2D eigenvalue weighted by Crippen LogP contribution is -2.51. The summed E-state index contributed by atoms with van der Waals surface area (Å²) in [5, 5.41) is 5.40. The molecular weight excluding hydrogens is 374 g/mol. The van der Waals surface area contributed by atoms with E-state index in [4.69, 9.17) is 0 Å². The molecule has 0 aliphatic carbocycles. The number of urea groups is 1. The zero-order valence-electron chi connectivity index (χ0n) is 16.9. The third-order valence-corrected chi connectivity index (χ3v) is 5.51. The van der Waals surface area contributed by atoms with Crippen molar-refractivity contribution in [1.82, 2.24) is 10.6 Å². The van der Waals surface area contributed by atoms with Gasteiger partial charge < -0.3 is 10.6 Å². The van der Waals surface area contributed by atoms with Crippen LogP contribution in [-0.2, 0) is 11.2 Å². The number of aryl methyl sites for hydroxylation is 1. The zero-order chi connectivity index (χ0) is 20.9. The maximum Gasteiger partial charge on any atom is 0.315 e. The van der Waals surface area contributed by atoms with Gasteiger partial charge in [0, 0.05) is 12.7 Å². The number of rotatable bonds is 4. The summed E-state index contributed by atoms with van der Waals surface area (Å²) in [4.78, 5) is 27.7. The third-order valence-electron chi connectivity index (χ3n) is 5.51. The first-order chi connectivity index (χ1) is 14.7. The minimum Gasteiger partial charge on any atom is -0.341 e. The van der Waals surface area contributed by atoms with Gasteiger partial charge in [0.2, 0.25) is 5.91 Å². The van der Waals surface area contributed by atoms with E-state index in [0.717, 1.165) is 22.4 Å². The second-order valence-electron chi connectivity index (χ2n) is 7.38. The summed E-state index contributed by atoms with van der Waals surface area (Å²) in [7, 11) is 1.56. The lowest BCUT2D eigenvalue weighted by Gasteiger charge is -2.34. The van der Waals surface area contributed by atoms with Gasteiger partial charge in [0.05, 0.1) is 6.04 Å². The van der Waals surface area contributed by atoms with Gasteiger partial charge in [-0.2, -0.15) is 0 Å². The van der Waals surface area contributed by atoms with Crippen molar-refractivity contribution in [3.8, 4) is 0 Å². The zero-order valence-corrected chi connectivity index (χ0v) is 16.9. The molecule has 3 amide bonds. The lowest BCUT2D eigenvalue weighted by atomic mass is 9.95. The Bertz CT molecular complexity index is 981. The Morgan fingerprint density at radius 2 is 1.47 bits per heavy atom. The van der Waals surface area contributed by atoms with Crippen molar-refractivity contribution in [1.29, 1.82) is 0 Å².